The summed E-state index contributed by atoms with van der Waals surface area (Å²) in [5.74, 6) is 1.29. The topological polar surface area (TPSA) is 70.7 Å². The number of hydrogen-bond acceptors (Lipinski definition) is 3. The van der Waals surface area contributed by atoms with E-state index in [2.05, 4.69) is 27.2 Å². The highest BCUT2D eigenvalue weighted by Crippen LogP contribution is 2.32. The van der Waals surface area contributed by atoms with Crippen LogP contribution < -0.4 is 5.32 Å². The molecule has 122 valence electrons. The Labute approximate surface area is 140 Å². The van der Waals surface area contributed by atoms with Crippen molar-refractivity contribution in [3.05, 3.63) is 47.8 Å². The Morgan fingerprint density at radius 1 is 1.33 bits per heavy atom. The lowest BCUT2D eigenvalue weighted by atomic mass is 10.1. The quantitative estimate of drug-likeness (QED) is 0.773. The van der Waals surface area contributed by atoms with Crippen molar-refractivity contribution >= 4 is 16.9 Å². The predicted octanol–water partition coefficient (Wildman–Crippen LogP) is 3.46. The van der Waals surface area contributed by atoms with Crippen LogP contribution in [0.3, 0.4) is 0 Å². The SMILES string of the molecule is Cc1cccc2[nH]c(-c3cncc(C(=O)NC(C)C4CC4)c3)nc12. The first kappa shape index (κ1) is 14.9. The molecule has 5 heteroatoms. The van der Waals surface area contributed by atoms with Crippen molar-refractivity contribution < 1.29 is 4.79 Å². The van der Waals surface area contributed by atoms with Crippen LogP contribution in [0.1, 0.15) is 35.7 Å². The van der Waals surface area contributed by atoms with Crippen LogP contribution in [0, 0.1) is 12.8 Å². The Hall–Kier alpha value is -2.69. The van der Waals surface area contributed by atoms with Gasteiger partial charge in [0.1, 0.15) is 5.82 Å². The highest BCUT2D eigenvalue weighted by molar-refractivity contribution is 5.95. The number of imidazole rings is 1. The summed E-state index contributed by atoms with van der Waals surface area (Å²) in [4.78, 5) is 24.6. The standard InChI is InChI=1S/C19H20N4O/c1-11-4-3-5-16-17(11)23-18(22-16)14-8-15(10-20-9-14)19(24)21-12(2)13-6-7-13/h3-5,8-10,12-13H,6-7H2,1-2H3,(H,21,24)(H,22,23). The number of hydrogen-bond donors (Lipinski definition) is 2. The zero-order chi connectivity index (χ0) is 16.7. The number of rotatable bonds is 4. The summed E-state index contributed by atoms with van der Waals surface area (Å²) in [6, 6.07) is 8.10. The molecular weight excluding hydrogens is 300 g/mol. The second-order valence-corrected chi connectivity index (χ2v) is 6.62. The van der Waals surface area contributed by atoms with Gasteiger partial charge in [0.15, 0.2) is 0 Å². The van der Waals surface area contributed by atoms with Gasteiger partial charge in [-0.25, -0.2) is 4.98 Å². The van der Waals surface area contributed by atoms with Gasteiger partial charge in [0, 0.05) is 24.0 Å². The van der Waals surface area contributed by atoms with Gasteiger partial charge < -0.3 is 10.3 Å². The third-order valence-electron chi connectivity index (χ3n) is 4.68. The van der Waals surface area contributed by atoms with Gasteiger partial charge in [0.25, 0.3) is 5.91 Å². The molecule has 4 rings (SSSR count). The van der Waals surface area contributed by atoms with E-state index in [0.29, 0.717) is 11.5 Å². The van der Waals surface area contributed by atoms with Crippen LogP contribution in [-0.4, -0.2) is 26.9 Å². The van der Waals surface area contributed by atoms with Gasteiger partial charge >= 0.3 is 0 Å². The van der Waals surface area contributed by atoms with Crippen molar-refractivity contribution in [2.45, 2.75) is 32.7 Å². The molecule has 0 aliphatic heterocycles. The lowest BCUT2D eigenvalue weighted by molar-refractivity contribution is 0.0935. The number of pyridine rings is 1. The maximum atomic E-state index is 12.4. The average molecular weight is 320 g/mol. The summed E-state index contributed by atoms with van der Waals surface area (Å²) in [5.41, 5.74) is 4.44. The minimum atomic E-state index is -0.0731. The summed E-state index contributed by atoms with van der Waals surface area (Å²) in [5, 5.41) is 3.06. The number of aromatic amines is 1. The Bertz CT molecular complexity index is 911. The summed E-state index contributed by atoms with van der Waals surface area (Å²) < 4.78 is 0. The zero-order valence-electron chi connectivity index (χ0n) is 13.8. The number of benzene rings is 1. The molecule has 1 aliphatic rings. The largest absolute Gasteiger partial charge is 0.349 e. The first-order valence-corrected chi connectivity index (χ1v) is 8.33. The van der Waals surface area contributed by atoms with E-state index in [1.807, 2.05) is 31.2 Å². The van der Waals surface area contributed by atoms with E-state index in [-0.39, 0.29) is 11.9 Å². The number of carbonyl (C=O) groups is 1. The summed E-state index contributed by atoms with van der Waals surface area (Å²) in [6.07, 6.45) is 5.75. The predicted molar refractivity (Wildman–Crippen MR) is 93.7 cm³/mol. The van der Waals surface area contributed by atoms with Crippen molar-refractivity contribution in [2.24, 2.45) is 5.92 Å². The first-order valence-electron chi connectivity index (χ1n) is 8.33. The van der Waals surface area contributed by atoms with Crippen LogP contribution in [0.2, 0.25) is 0 Å². The molecule has 0 bridgehead atoms. The van der Waals surface area contributed by atoms with Crippen molar-refractivity contribution in [1.29, 1.82) is 0 Å². The fraction of sp³-hybridized carbons (Fsp3) is 0.316. The van der Waals surface area contributed by atoms with E-state index in [1.165, 1.54) is 12.8 Å². The summed E-state index contributed by atoms with van der Waals surface area (Å²) >= 11 is 0. The molecule has 5 nitrogen and oxygen atoms in total. The van der Waals surface area contributed by atoms with E-state index in [4.69, 9.17) is 0 Å². The first-order chi connectivity index (χ1) is 11.6. The maximum Gasteiger partial charge on any atom is 0.253 e. The Morgan fingerprint density at radius 3 is 2.92 bits per heavy atom. The number of amides is 1. The van der Waals surface area contributed by atoms with E-state index < -0.39 is 0 Å². The van der Waals surface area contributed by atoms with Gasteiger partial charge in [-0.3, -0.25) is 9.78 Å². The highest BCUT2D eigenvalue weighted by atomic mass is 16.1. The molecule has 1 aliphatic carbocycles. The molecular formula is C19H20N4O. The number of nitrogens with one attached hydrogen (secondary N) is 2. The average Bonchev–Trinajstić information content (AvgIpc) is 3.34. The third kappa shape index (κ3) is 2.77. The number of H-pyrrole nitrogens is 1. The van der Waals surface area contributed by atoms with Gasteiger partial charge in [0.2, 0.25) is 0 Å². The number of carbonyl (C=O) groups excluding carboxylic acids is 1. The van der Waals surface area contributed by atoms with Gasteiger partial charge in [-0.1, -0.05) is 12.1 Å². The number of fused-ring (bicyclic) bond motifs is 1. The minimum Gasteiger partial charge on any atom is -0.349 e. The summed E-state index contributed by atoms with van der Waals surface area (Å²) in [7, 11) is 0. The van der Waals surface area contributed by atoms with E-state index >= 15 is 0 Å². The number of nitrogens with zero attached hydrogens (tertiary/aromatic N) is 2. The molecule has 1 unspecified atom stereocenters. The molecule has 0 spiro atoms. The molecule has 2 aromatic heterocycles. The molecule has 1 fully saturated rings. The molecule has 1 atom stereocenters. The van der Waals surface area contributed by atoms with Gasteiger partial charge in [-0.15, -0.1) is 0 Å². The van der Waals surface area contributed by atoms with Crippen molar-refractivity contribution in [3.8, 4) is 11.4 Å². The van der Waals surface area contributed by atoms with Crippen LogP contribution in [0.15, 0.2) is 36.7 Å². The van der Waals surface area contributed by atoms with E-state index in [1.54, 1.807) is 12.4 Å². The lowest BCUT2D eigenvalue weighted by Crippen LogP contribution is -2.34. The fourth-order valence-corrected chi connectivity index (χ4v) is 3.01. The summed E-state index contributed by atoms with van der Waals surface area (Å²) in [6.45, 7) is 4.10. The molecule has 1 amide bonds. The Balaban J connectivity index is 1.63. The molecule has 0 radical (unpaired) electrons. The monoisotopic (exact) mass is 320 g/mol. The second-order valence-electron chi connectivity index (χ2n) is 6.62. The van der Waals surface area contributed by atoms with Gasteiger partial charge in [0.05, 0.1) is 16.6 Å². The maximum absolute atomic E-state index is 12.4. The fourth-order valence-electron chi connectivity index (χ4n) is 3.01. The molecule has 2 N–H and O–H groups in total. The van der Waals surface area contributed by atoms with Gasteiger partial charge in [-0.05, 0) is 50.3 Å². The normalized spacial score (nSPS) is 15.4. The smallest absolute Gasteiger partial charge is 0.253 e. The Morgan fingerprint density at radius 2 is 2.17 bits per heavy atom. The molecule has 0 saturated heterocycles. The number of aromatic nitrogens is 3. The second kappa shape index (κ2) is 5.74. The number of aryl methyl sites for hydroxylation is 1. The van der Waals surface area contributed by atoms with Crippen molar-refractivity contribution in [3.63, 3.8) is 0 Å². The molecule has 1 saturated carbocycles. The van der Waals surface area contributed by atoms with E-state index in [9.17, 15) is 4.79 Å². The van der Waals surface area contributed by atoms with Crippen LogP contribution in [0.4, 0.5) is 0 Å². The van der Waals surface area contributed by atoms with Crippen molar-refractivity contribution in [2.75, 3.05) is 0 Å². The van der Waals surface area contributed by atoms with Crippen LogP contribution in [-0.2, 0) is 0 Å². The minimum absolute atomic E-state index is 0.0731. The third-order valence-corrected chi connectivity index (χ3v) is 4.68. The van der Waals surface area contributed by atoms with Crippen LogP contribution >= 0.6 is 0 Å². The number of para-hydroxylation sites is 1. The zero-order valence-corrected chi connectivity index (χ0v) is 13.8. The molecule has 1 aromatic carbocycles. The molecule has 2 heterocycles. The molecule has 24 heavy (non-hydrogen) atoms. The lowest BCUT2D eigenvalue weighted by Gasteiger charge is -2.12. The van der Waals surface area contributed by atoms with Gasteiger partial charge in [-0.2, -0.15) is 0 Å². The van der Waals surface area contributed by atoms with Crippen LogP contribution in [0.25, 0.3) is 22.4 Å². The van der Waals surface area contributed by atoms with Crippen molar-refractivity contribution in [1.82, 2.24) is 20.3 Å². The Kier molecular flexibility index (Phi) is 3.56. The molecule has 3 aromatic rings. The van der Waals surface area contributed by atoms with Crippen LogP contribution in [0.5, 0.6) is 0 Å². The van der Waals surface area contributed by atoms with E-state index in [0.717, 1.165) is 28.0 Å². The highest BCUT2D eigenvalue weighted by Gasteiger charge is 2.29.